The molecule has 0 unspecified atom stereocenters. The van der Waals surface area contributed by atoms with Gasteiger partial charge in [0.25, 0.3) is 0 Å². The molecule has 0 radical (unpaired) electrons. The predicted molar refractivity (Wildman–Crippen MR) is 40.6 cm³/mol. The highest BCUT2D eigenvalue weighted by Gasteiger charge is 1.86. The molecule has 0 saturated heterocycles. The summed E-state index contributed by atoms with van der Waals surface area (Å²) >= 11 is 7.83. The Morgan fingerprint density at radius 3 is 1.88 bits per heavy atom. The molecular formula is C4H6N2S2. The molecule has 0 saturated carbocycles. The molecule has 0 aromatic carbocycles. The molecule has 0 fully saturated rings. The molecule has 0 atom stereocenters. The Hall–Kier alpha value is -0.220. The Morgan fingerprint density at radius 2 is 1.62 bits per heavy atom. The minimum absolute atomic E-state index is 1.39. The fraction of sp³-hybridized carbons (Fsp3) is 0. The Balaban J connectivity index is 2.77. The lowest BCUT2D eigenvalue weighted by molar-refractivity contribution is 0.954. The Morgan fingerprint density at radius 1 is 1.12 bits per heavy atom. The molecule has 1 aromatic rings. The number of hydrogen-bond acceptors (Lipinski definition) is 3. The minimum Gasteiger partial charge on any atom is -0.253 e. The minimum atomic E-state index is 1.39. The SMILES string of the molecule is SN(S)n1cccc1. The smallest absolute Gasteiger partial charge is 0.0279 e. The quantitative estimate of drug-likeness (QED) is 0.564. The molecule has 0 bridgehead atoms. The zero-order chi connectivity index (χ0) is 5.98. The van der Waals surface area contributed by atoms with Crippen molar-refractivity contribution in [3.63, 3.8) is 0 Å². The maximum absolute atomic E-state index is 3.91. The molecule has 0 aliphatic rings. The van der Waals surface area contributed by atoms with Crippen molar-refractivity contribution in [3.8, 4) is 0 Å². The van der Waals surface area contributed by atoms with Gasteiger partial charge < -0.3 is 0 Å². The van der Waals surface area contributed by atoms with Crippen LogP contribution in [0.5, 0.6) is 0 Å². The fourth-order valence-corrected chi connectivity index (χ4v) is 0.683. The van der Waals surface area contributed by atoms with E-state index in [0.717, 1.165) is 0 Å². The lowest BCUT2D eigenvalue weighted by Crippen LogP contribution is -2.08. The van der Waals surface area contributed by atoms with Gasteiger partial charge in [-0.1, -0.05) is 0 Å². The van der Waals surface area contributed by atoms with E-state index in [-0.39, 0.29) is 0 Å². The molecule has 44 valence electrons. The highest BCUT2D eigenvalue weighted by Crippen LogP contribution is 1.97. The van der Waals surface area contributed by atoms with Crippen molar-refractivity contribution in [2.45, 2.75) is 0 Å². The second-order valence-electron chi connectivity index (χ2n) is 1.33. The third kappa shape index (κ3) is 1.14. The van der Waals surface area contributed by atoms with Crippen molar-refractivity contribution >= 4 is 25.6 Å². The van der Waals surface area contributed by atoms with Crippen molar-refractivity contribution < 1.29 is 0 Å². The lowest BCUT2D eigenvalue weighted by Gasteiger charge is -2.08. The van der Waals surface area contributed by atoms with E-state index in [9.17, 15) is 0 Å². The average Bonchev–Trinajstić information content (AvgIpc) is 2.12. The Labute approximate surface area is 59.2 Å². The number of hydrogen-bond donors (Lipinski definition) is 2. The average molecular weight is 146 g/mol. The Bertz CT molecular complexity index is 147. The lowest BCUT2D eigenvalue weighted by atomic mass is 10.7. The van der Waals surface area contributed by atoms with Crippen LogP contribution in [0.25, 0.3) is 0 Å². The van der Waals surface area contributed by atoms with E-state index in [1.165, 1.54) is 3.82 Å². The number of nitrogens with zero attached hydrogens (tertiary/aromatic N) is 2. The van der Waals surface area contributed by atoms with Gasteiger partial charge >= 0.3 is 0 Å². The first-order chi connectivity index (χ1) is 3.80. The zero-order valence-electron chi connectivity index (χ0n) is 4.10. The van der Waals surface area contributed by atoms with Gasteiger partial charge in [-0.05, 0) is 37.8 Å². The van der Waals surface area contributed by atoms with Gasteiger partial charge in [-0.25, -0.2) is 3.82 Å². The van der Waals surface area contributed by atoms with Crippen LogP contribution in [-0.2, 0) is 0 Å². The third-order valence-corrected chi connectivity index (χ3v) is 1.21. The van der Waals surface area contributed by atoms with E-state index in [1.54, 1.807) is 4.68 Å². The second-order valence-corrected chi connectivity index (χ2v) is 2.40. The molecule has 0 amide bonds. The first kappa shape index (κ1) is 5.91. The first-order valence-electron chi connectivity index (χ1n) is 2.12. The van der Waals surface area contributed by atoms with Crippen LogP contribution in [0.4, 0.5) is 0 Å². The van der Waals surface area contributed by atoms with Crippen LogP contribution < -0.4 is 3.82 Å². The maximum atomic E-state index is 3.91. The Kier molecular flexibility index (Phi) is 1.75. The van der Waals surface area contributed by atoms with Crippen molar-refractivity contribution in [2.75, 3.05) is 3.82 Å². The summed E-state index contributed by atoms with van der Waals surface area (Å²) in [5.41, 5.74) is 0. The maximum Gasteiger partial charge on any atom is 0.0279 e. The standard InChI is InChI=1S/C4H6N2S2/c7-6(8)5-3-1-2-4-5/h1-4,7-8H. The molecule has 0 aliphatic heterocycles. The third-order valence-electron chi connectivity index (χ3n) is 0.795. The summed E-state index contributed by atoms with van der Waals surface area (Å²) in [7, 11) is 0. The highest BCUT2D eigenvalue weighted by atomic mass is 32.2. The molecule has 1 rings (SSSR count). The van der Waals surface area contributed by atoms with Crippen molar-refractivity contribution in [2.24, 2.45) is 0 Å². The van der Waals surface area contributed by atoms with Gasteiger partial charge in [-0.15, -0.1) is 0 Å². The van der Waals surface area contributed by atoms with Crippen LogP contribution in [0.15, 0.2) is 24.5 Å². The van der Waals surface area contributed by atoms with Crippen LogP contribution >= 0.6 is 25.6 Å². The molecule has 0 N–H and O–H groups in total. The van der Waals surface area contributed by atoms with Gasteiger partial charge in [-0.3, -0.25) is 4.68 Å². The van der Waals surface area contributed by atoms with Gasteiger partial charge in [0.15, 0.2) is 0 Å². The summed E-state index contributed by atoms with van der Waals surface area (Å²) in [6.45, 7) is 0. The molecule has 8 heavy (non-hydrogen) atoms. The van der Waals surface area contributed by atoms with E-state index in [1.807, 2.05) is 24.5 Å². The summed E-state index contributed by atoms with van der Waals surface area (Å²) in [5.74, 6) is 0. The monoisotopic (exact) mass is 146 g/mol. The summed E-state index contributed by atoms with van der Waals surface area (Å²) in [5, 5.41) is 0. The first-order valence-corrected chi connectivity index (χ1v) is 2.92. The molecular weight excluding hydrogens is 140 g/mol. The van der Waals surface area contributed by atoms with E-state index in [2.05, 4.69) is 25.6 Å². The zero-order valence-corrected chi connectivity index (χ0v) is 5.89. The van der Waals surface area contributed by atoms with E-state index in [4.69, 9.17) is 0 Å². The number of aromatic nitrogens is 1. The van der Waals surface area contributed by atoms with E-state index >= 15 is 0 Å². The van der Waals surface area contributed by atoms with E-state index < -0.39 is 0 Å². The topological polar surface area (TPSA) is 8.17 Å². The number of thiol groups is 2. The van der Waals surface area contributed by atoms with Crippen LogP contribution in [-0.4, -0.2) is 4.68 Å². The molecule has 1 heterocycles. The second kappa shape index (κ2) is 2.37. The molecule has 0 aliphatic carbocycles. The summed E-state index contributed by atoms with van der Waals surface area (Å²) in [6, 6.07) is 3.80. The van der Waals surface area contributed by atoms with Crippen LogP contribution in [0.1, 0.15) is 0 Å². The van der Waals surface area contributed by atoms with Gasteiger partial charge in [0.2, 0.25) is 0 Å². The molecule has 1 aromatic heterocycles. The fourth-order valence-electron chi connectivity index (χ4n) is 0.445. The highest BCUT2D eigenvalue weighted by molar-refractivity contribution is 7.99. The van der Waals surface area contributed by atoms with Gasteiger partial charge in [0.05, 0.1) is 0 Å². The van der Waals surface area contributed by atoms with Crippen LogP contribution in [0, 0.1) is 0 Å². The largest absolute Gasteiger partial charge is 0.253 e. The summed E-state index contributed by atoms with van der Waals surface area (Å²) in [4.78, 5) is 0. The van der Waals surface area contributed by atoms with Crippen molar-refractivity contribution in [1.82, 2.24) is 4.68 Å². The van der Waals surface area contributed by atoms with Crippen LogP contribution in [0.3, 0.4) is 0 Å². The predicted octanol–water partition coefficient (Wildman–Crippen LogP) is 1.12. The van der Waals surface area contributed by atoms with Crippen LogP contribution in [0.2, 0.25) is 0 Å². The molecule has 0 spiro atoms. The number of rotatable bonds is 1. The van der Waals surface area contributed by atoms with E-state index in [0.29, 0.717) is 0 Å². The van der Waals surface area contributed by atoms with Gasteiger partial charge in [0, 0.05) is 12.4 Å². The van der Waals surface area contributed by atoms with Gasteiger partial charge in [-0.2, -0.15) is 0 Å². The normalized spacial score (nSPS) is 9.25. The summed E-state index contributed by atoms with van der Waals surface area (Å²) < 4.78 is 3.12. The van der Waals surface area contributed by atoms with Gasteiger partial charge in [0.1, 0.15) is 0 Å². The van der Waals surface area contributed by atoms with Crippen molar-refractivity contribution in [1.29, 1.82) is 0 Å². The molecule has 2 nitrogen and oxygen atoms in total. The summed E-state index contributed by atoms with van der Waals surface area (Å²) in [6.07, 6.45) is 3.69. The molecule has 4 heteroatoms. The van der Waals surface area contributed by atoms with Crippen molar-refractivity contribution in [3.05, 3.63) is 24.5 Å².